The molecule has 0 saturated carbocycles. The molecular formula is C23H24N2O4. The number of hydrogen-bond acceptors (Lipinski definition) is 5. The minimum Gasteiger partial charge on any atom is -0.497 e. The zero-order valence-electron chi connectivity index (χ0n) is 16.8. The first-order chi connectivity index (χ1) is 14.1. The zero-order valence-corrected chi connectivity index (χ0v) is 16.8. The number of hydrogen-bond donors (Lipinski definition) is 0. The minimum absolute atomic E-state index is 0.163. The monoisotopic (exact) mass is 392 g/mol. The van der Waals surface area contributed by atoms with E-state index in [1.165, 1.54) is 6.08 Å². The van der Waals surface area contributed by atoms with E-state index >= 15 is 0 Å². The molecule has 29 heavy (non-hydrogen) atoms. The van der Waals surface area contributed by atoms with Crippen LogP contribution >= 0.6 is 0 Å². The maximum atomic E-state index is 12.0. The van der Waals surface area contributed by atoms with E-state index in [-0.39, 0.29) is 13.2 Å². The molecule has 6 heteroatoms. The van der Waals surface area contributed by atoms with Gasteiger partial charge in [-0.25, -0.2) is 9.48 Å². The lowest BCUT2D eigenvalue weighted by atomic mass is 10.2. The van der Waals surface area contributed by atoms with Gasteiger partial charge in [-0.1, -0.05) is 18.2 Å². The molecule has 0 aliphatic rings. The molecule has 6 nitrogen and oxygen atoms in total. The summed E-state index contributed by atoms with van der Waals surface area (Å²) in [6.45, 7) is 4.33. The van der Waals surface area contributed by atoms with Crippen LogP contribution in [0.2, 0.25) is 0 Å². The number of carbonyl (C=O) groups excluding carboxylic acids is 1. The fourth-order valence-corrected chi connectivity index (χ4v) is 2.89. The highest BCUT2D eigenvalue weighted by molar-refractivity contribution is 5.87. The summed E-state index contributed by atoms with van der Waals surface area (Å²) in [7, 11) is 1.61. The Bertz CT molecular complexity index is 976. The summed E-state index contributed by atoms with van der Waals surface area (Å²) in [6.07, 6.45) is 3.16. The van der Waals surface area contributed by atoms with Gasteiger partial charge in [0.05, 0.1) is 18.5 Å². The summed E-state index contributed by atoms with van der Waals surface area (Å²) in [5.74, 6) is 1.03. The summed E-state index contributed by atoms with van der Waals surface area (Å²) < 4.78 is 17.7. The first kappa shape index (κ1) is 20.2. The maximum Gasteiger partial charge on any atom is 0.330 e. The molecule has 0 aliphatic carbocycles. The number of para-hydroxylation sites is 1. The number of carbonyl (C=O) groups is 1. The Kier molecular flexibility index (Phi) is 6.68. The molecule has 0 unspecified atom stereocenters. The van der Waals surface area contributed by atoms with E-state index in [4.69, 9.17) is 14.2 Å². The topological polar surface area (TPSA) is 62.6 Å². The molecule has 0 aliphatic heterocycles. The van der Waals surface area contributed by atoms with Gasteiger partial charge in [-0.05, 0) is 56.3 Å². The Balaban J connectivity index is 1.52. The second-order valence-electron chi connectivity index (χ2n) is 6.36. The molecule has 150 valence electrons. The fourth-order valence-electron chi connectivity index (χ4n) is 2.89. The SMILES string of the molecule is COc1ccc(OCCOC(=O)/C=C/c2c(C)nn(-c3ccccc3)c2C)cc1. The van der Waals surface area contributed by atoms with Crippen molar-refractivity contribution < 1.29 is 19.0 Å². The number of ether oxygens (including phenoxy) is 3. The quantitative estimate of drug-likeness (QED) is 0.328. The summed E-state index contributed by atoms with van der Waals surface area (Å²) >= 11 is 0. The van der Waals surface area contributed by atoms with Crippen LogP contribution in [0.3, 0.4) is 0 Å². The van der Waals surface area contributed by atoms with Gasteiger partial charge in [-0.2, -0.15) is 5.10 Å². The lowest BCUT2D eigenvalue weighted by Crippen LogP contribution is -2.10. The van der Waals surface area contributed by atoms with Crippen molar-refractivity contribution in [3.63, 3.8) is 0 Å². The zero-order chi connectivity index (χ0) is 20.6. The molecule has 0 amide bonds. The maximum absolute atomic E-state index is 12.0. The van der Waals surface area contributed by atoms with E-state index in [0.29, 0.717) is 5.75 Å². The van der Waals surface area contributed by atoms with Gasteiger partial charge in [0.2, 0.25) is 0 Å². The molecule has 0 fully saturated rings. The van der Waals surface area contributed by atoms with Crippen LogP contribution in [0.5, 0.6) is 11.5 Å². The number of nitrogens with zero attached hydrogens (tertiary/aromatic N) is 2. The molecule has 1 aromatic heterocycles. The molecule has 3 rings (SSSR count). The molecular weight excluding hydrogens is 368 g/mol. The molecule has 0 bridgehead atoms. The Morgan fingerprint density at radius 3 is 2.38 bits per heavy atom. The van der Waals surface area contributed by atoms with Crippen molar-refractivity contribution in [3.8, 4) is 17.2 Å². The molecule has 3 aromatic rings. The molecule has 0 saturated heterocycles. The van der Waals surface area contributed by atoms with Crippen molar-refractivity contribution in [2.24, 2.45) is 0 Å². The van der Waals surface area contributed by atoms with Crippen LogP contribution in [0.1, 0.15) is 17.0 Å². The molecule has 0 radical (unpaired) electrons. The van der Waals surface area contributed by atoms with Crippen LogP contribution in [0, 0.1) is 13.8 Å². The number of methoxy groups -OCH3 is 1. The van der Waals surface area contributed by atoms with Gasteiger partial charge in [0.15, 0.2) is 0 Å². The minimum atomic E-state index is -0.422. The Morgan fingerprint density at radius 2 is 1.69 bits per heavy atom. The second-order valence-corrected chi connectivity index (χ2v) is 6.36. The first-order valence-electron chi connectivity index (χ1n) is 9.32. The van der Waals surface area contributed by atoms with E-state index in [0.717, 1.165) is 28.4 Å². The average Bonchev–Trinajstić information content (AvgIpc) is 3.04. The van der Waals surface area contributed by atoms with Gasteiger partial charge in [-0.3, -0.25) is 0 Å². The third-order valence-electron chi connectivity index (χ3n) is 4.39. The smallest absolute Gasteiger partial charge is 0.330 e. The van der Waals surface area contributed by atoms with Crippen LogP contribution in [0.15, 0.2) is 60.7 Å². The highest BCUT2D eigenvalue weighted by atomic mass is 16.6. The highest BCUT2D eigenvalue weighted by Gasteiger charge is 2.11. The van der Waals surface area contributed by atoms with E-state index in [2.05, 4.69) is 5.10 Å². The highest BCUT2D eigenvalue weighted by Crippen LogP contribution is 2.19. The standard InChI is InChI=1S/C23H24N2O4/c1-17-22(18(2)25(24-17)19-7-5-4-6-8-19)13-14-23(26)29-16-15-28-21-11-9-20(27-3)10-12-21/h4-14H,15-16H2,1-3H3/b14-13+. The van der Waals surface area contributed by atoms with Crippen molar-refractivity contribution in [1.82, 2.24) is 9.78 Å². The van der Waals surface area contributed by atoms with E-state index in [1.54, 1.807) is 25.3 Å². The molecule has 0 N–H and O–H groups in total. The normalized spacial score (nSPS) is 10.9. The molecule has 2 aromatic carbocycles. The third kappa shape index (κ3) is 5.25. The van der Waals surface area contributed by atoms with Crippen LogP contribution in [-0.2, 0) is 9.53 Å². The largest absolute Gasteiger partial charge is 0.497 e. The van der Waals surface area contributed by atoms with Gasteiger partial charge in [0.1, 0.15) is 24.7 Å². The summed E-state index contributed by atoms with van der Waals surface area (Å²) in [6, 6.07) is 17.1. The molecule has 0 atom stereocenters. The Labute approximate surface area is 170 Å². The Hall–Kier alpha value is -3.54. The lowest BCUT2D eigenvalue weighted by molar-refractivity contribution is -0.138. The van der Waals surface area contributed by atoms with Gasteiger partial charge in [-0.15, -0.1) is 0 Å². The van der Waals surface area contributed by atoms with Crippen molar-refractivity contribution in [2.45, 2.75) is 13.8 Å². The number of rotatable bonds is 8. The number of benzene rings is 2. The number of aromatic nitrogens is 2. The van der Waals surface area contributed by atoms with E-state index in [9.17, 15) is 4.79 Å². The van der Waals surface area contributed by atoms with Crippen LogP contribution in [0.4, 0.5) is 0 Å². The van der Waals surface area contributed by atoms with Gasteiger partial charge < -0.3 is 14.2 Å². The first-order valence-corrected chi connectivity index (χ1v) is 9.32. The molecule has 1 heterocycles. The molecule has 0 spiro atoms. The van der Waals surface area contributed by atoms with Gasteiger partial charge in [0, 0.05) is 17.3 Å². The van der Waals surface area contributed by atoms with Crippen molar-refractivity contribution >= 4 is 12.0 Å². The Morgan fingerprint density at radius 1 is 1.00 bits per heavy atom. The summed E-state index contributed by atoms with van der Waals surface area (Å²) in [4.78, 5) is 12.0. The van der Waals surface area contributed by atoms with Crippen LogP contribution < -0.4 is 9.47 Å². The van der Waals surface area contributed by atoms with E-state index < -0.39 is 5.97 Å². The van der Waals surface area contributed by atoms with Gasteiger partial charge in [0.25, 0.3) is 0 Å². The van der Waals surface area contributed by atoms with Crippen molar-refractivity contribution in [1.29, 1.82) is 0 Å². The number of aryl methyl sites for hydroxylation is 1. The van der Waals surface area contributed by atoms with E-state index in [1.807, 2.05) is 61.0 Å². The van der Waals surface area contributed by atoms with Crippen LogP contribution in [-0.4, -0.2) is 36.1 Å². The van der Waals surface area contributed by atoms with Crippen molar-refractivity contribution in [3.05, 3.63) is 77.6 Å². The van der Waals surface area contributed by atoms with Crippen LogP contribution in [0.25, 0.3) is 11.8 Å². The summed E-state index contributed by atoms with van der Waals surface area (Å²) in [5, 5.41) is 4.56. The fraction of sp³-hybridized carbons (Fsp3) is 0.217. The van der Waals surface area contributed by atoms with Crippen molar-refractivity contribution in [2.75, 3.05) is 20.3 Å². The average molecular weight is 392 g/mol. The second kappa shape index (κ2) is 9.59. The lowest BCUT2D eigenvalue weighted by Gasteiger charge is -2.07. The third-order valence-corrected chi connectivity index (χ3v) is 4.39. The van der Waals surface area contributed by atoms with Gasteiger partial charge >= 0.3 is 5.97 Å². The predicted octanol–water partition coefficient (Wildman–Crippen LogP) is 4.13. The summed E-state index contributed by atoms with van der Waals surface area (Å²) in [5.41, 5.74) is 3.69. The predicted molar refractivity (Wildman–Crippen MR) is 112 cm³/mol. The number of esters is 1.